The Labute approximate surface area is 382 Å². The van der Waals surface area contributed by atoms with Crippen LogP contribution in [0.25, 0.3) is 0 Å². The van der Waals surface area contributed by atoms with Crippen molar-refractivity contribution >= 4 is 11.9 Å². The van der Waals surface area contributed by atoms with Gasteiger partial charge in [-0.3, -0.25) is 9.59 Å². The Bertz CT molecular complexity index is 1810. The predicted molar refractivity (Wildman–Crippen MR) is 230 cm³/mol. The van der Waals surface area contributed by atoms with Gasteiger partial charge in [0.05, 0.1) is 31.3 Å². The molecule has 370 valence electrons. The summed E-state index contributed by atoms with van der Waals surface area (Å²) in [5.74, 6) is -0.478. The molecular formula is C48H77NO16. The average molecular weight is 924 g/mol. The van der Waals surface area contributed by atoms with Gasteiger partial charge >= 0.3 is 5.97 Å². The van der Waals surface area contributed by atoms with E-state index >= 15 is 0 Å². The number of rotatable bonds is 9. The van der Waals surface area contributed by atoms with Crippen molar-refractivity contribution in [1.82, 2.24) is 5.32 Å². The van der Waals surface area contributed by atoms with Crippen LogP contribution in [-0.2, 0) is 38.0 Å². The molecule has 3 heterocycles. The number of fused-ring (bicyclic) bond motifs is 7. The van der Waals surface area contributed by atoms with Crippen LogP contribution in [0.4, 0.5) is 0 Å². The zero-order valence-corrected chi connectivity index (χ0v) is 39.4. The van der Waals surface area contributed by atoms with Crippen molar-refractivity contribution in [3.8, 4) is 0 Å². The zero-order chi connectivity index (χ0) is 47.4. The number of nitrogens with one attached hydrogen (secondary N) is 1. The fourth-order valence-corrected chi connectivity index (χ4v) is 14.9. The normalized spacial score (nSPS) is 51.6. The van der Waals surface area contributed by atoms with Crippen LogP contribution in [0.2, 0.25) is 0 Å². The second kappa shape index (κ2) is 17.5. The maximum Gasteiger partial charge on any atom is 0.310 e. The molecule has 3 saturated heterocycles. The van der Waals surface area contributed by atoms with Gasteiger partial charge in [-0.1, -0.05) is 60.1 Å². The number of hydrogen-bond donors (Lipinski definition) is 9. The van der Waals surface area contributed by atoms with Crippen LogP contribution in [0.5, 0.6) is 0 Å². The Balaban J connectivity index is 0.994. The van der Waals surface area contributed by atoms with Crippen LogP contribution in [0.3, 0.4) is 0 Å². The highest BCUT2D eigenvalue weighted by Gasteiger charge is 2.70. The standard InChI is InChI=1S/C48H77NO16/c1-23(50)49-32-36(56)35(55)28(22-62-41-38(34(54)27(52)21-61-41)65-40-37(57)33(53)26(51)20-60-40)63-39(32)64-31-12-13-45(6)29(44(31,4)5)11-14-47(8)30(45)10-9-24-25-19-43(2,3)15-17-48(25,42(58)59)18-16-46(24,47)7/h9,25-41,51-57H,10-22H2,1-8H3,(H,49,50)(H,58,59)/t25-,26+,27-,28+,29-,30+,31-,32+,33-,34-,35+,36+,37+,38+,39-,40-,41-,45-,46+,47+,48-/m0/s1. The molecule has 7 fully saturated rings. The summed E-state index contributed by atoms with van der Waals surface area (Å²) >= 11 is 0. The molecule has 21 atom stereocenters. The van der Waals surface area contributed by atoms with Crippen molar-refractivity contribution < 1.29 is 78.9 Å². The largest absolute Gasteiger partial charge is 0.481 e. The SMILES string of the molecule is CC(=O)N[C@H]1[C@H](O[C@H]2CC[C@]3(C)[C@H]4CC=C5[C@@H]6CC(C)(C)CC[C@]6(C(=O)O)CC[C@@]5(C)[C@]4(C)CC[C@H]3C2(C)C)O[C@H](CO[C@@H]2OC[C@H](O)[C@H](O)[C@H]2O[C@@H]2OC[C@@H](O)[C@H](O)[C@H]2O)[C@@H](O)[C@@H]1O. The van der Waals surface area contributed by atoms with E-state index in [1.165, 1.54) is 12.5 Å². The number of hydrogen-bond acceptors (Lipinski definition) is 15. The van der Waals surface area contributed by atoms with E-state index in [1.54, 1.807) is 0 Å². The smallest absolute Gasteiger partial charge is 0.310 e. The van der Waals surface area contributed by atoms with E-state index < -0.39 is 109 Å². The number of allylic oxidation sites excluding steroid dienone is 2. The number of aliphatic carboxylic acids is 1. The molecule has 17 heteroatoms. The molecule has 0 bridgehead atoms. The monoisotopic (exact) mass is 924 g/mol. The van der Waals surface area contributed by atoms with Crippen molar-refractivity contribution in [3.05, 3.63) is 11.6 Å². The molecule has 1 amide bonds. The van der Waals surface area contributed by atoms with Crippen molar-refractivity contribution in [3.63, 3.8) is 0 Å². The van der Waals surface area contributed by atoms with E-state index in [0.717, 1.165) is 51.4 Å². The van der Waals surface area contributed by atoms with Crippen molar-refractivity contribution in [2.24, 2.45) is 50.2 Å². The maximum atomic E-state index is 13.1. The fraction of sp³-hybridized carbons (Fsp3) is 0.917. The molecular weight excluding hydrogens is 847 g/mol. The van der Waals surface area contributed by atoms with Gasteiger partial charge in [-0.15, -0.1) is 0 Å². The van der Waals surface area contributed by atoms with Crippen LogP contribution >= 0.6 is 0 Å². The van der Waals surface area contributed by atoms with Crippen LogP contribution in [0.15, 0.2) is 11.6 Å². The highest BCUT2D eigenvalue weighted by molar-refractivity contribution is 5.76. The number of carbonyl (C=O) groups is 2. The molecule has 8 rings (SSSR count). The molecule has 0 spiro atoms. The zero-order valence-electron chi connectivity index (χ0n) is 39.4. The van der Waals surface area contributed by atoms with Crippen molar-refractivity contribution in [1.29, 1.82) is 0 Å². The summed E-state index contributed by atoms with van der Waals surface area (Å²) in [7, 11) is 0. The fourth-order valence-electron chi connectivity index (χ4n) is 14.9. The topological polar surface area (TPSA) is 263 Å². The van der Waals surface area contributed by atoms with Crippen LogP contribution in [-0.4, -0.2) is 159 Å². The molecule has 0 radical (unpaired) electrons. The molecule has 5 aliphatic carbocycles. The molecule has 0 aromatic rings. The highest BCUT2D eigenvalue weighted by atomic mass is 16.8. The van der Waals surface area contributed by atoms with Gasteiger partial charge in [0.2, 0.25) is 5.91 Å². The summed E-state index contributed by atoms with van der Waals surface area (Å²) in [5.41, 5.74) is 0.127. The van der Waals surface area contributed by atoms with Gasteiger partial charge in [-0.05, 0) is 109 Å². The Morgan fingerprint density at radius 2 is 1.40 bits per heavy atom. The number of carboxylic acid groups (broad SMARTS) is 1. The minimum atomic E-state index is -1.70. The first-order chi connectivity index (χ1) is 30.3. The van der Waals surface area contributed by atoms with E-state index in [-0.39, 0.29) is 52.8 Å². The van der Waals surface area contributed by atoms with Gasteiger partial charge < -0.3 is 74.6 Å². The number of carbonyl (C=O) groups excluding carboxylic acids is 1. The number of carboxylic acids is 1. The summed E-state index contributed by atoms with van der Waals surface area (Å²) in [6, 6.07) is -1.14. The molecule has 65 heavy (non-hydrogen) atoms. The lowest BCUT2D eigenvalue weighted by molar-refractivity contribution is -0.352. The Kier molecular flexibility index (Phi) is 13.4. The Morgan fingerprint density at radius 3 is 2.08 bits per heavy atom. The molecule has 0 unspecified atom stereocenters. The number of aliphatic hydroxyl groups is 7. The van der Waals surface area contributed by atoms with Crippen LogP contribution < -0.4 is 5.32 Å². The lowest BCUT2D eigenvalue weighted by atomic mass is 9.33. The first-order valence-electron chi connectivity index (χ1n) is 24.1. The molecule has 17 nitrogen and oxygen atoms in total. The average Bonchev–Trinajstić information content (AvgIpc) is 3.23. The molecule has 4 saturated carbocycles. The van der Waals surface area contributed by atoms with E-state index in [9.17, 15) is 50.4 Å². The van der Waals surface area contributed by atoms with Gasteiger partial charge in [0, 0.05) is 6.92 Å². The van der Waals surface area contributed by atoms with Crippen LogP contribution in [0, 0.1) is 50.2 Å². The minimum Gasteiger partial charge on any atom is -0.481 e. The second-order valence-corrected chi connectivity index (χ2v) is 23.4. The number of aliphatic hydroxyl groups excluding tert-OH is 7. The Morgan fingerprint density at radius 1 is 0.738 bits per heavy atom. The summed E-state index contributed by atoms with van der Waals surface area (Å²) in [6.07, 6.45) is -7.06. The van der Waals surface area contributed by atoms with E-state index in [4.69, 9.17) is 28.4 Å². The quantitative estimate of drug-likeness (QED) is 0.119. The van der Waals surface area contributed by atoms with Gasteiger partial charge in [0.15, 0.2) is 18.9 Å². The number of ether oxygens (including phenoxy) is 6. The summed E-state index contributed by atoms with van der Waals surface area (Å²) in [5, 5.41) is 88.4. The third-order valence-corrected chi connectivity index (χ3v) is 19.0. The minimum absolute atomic E-state index is 0.0296. The van der Waals surface area contributed by atoms with Crippen molar-refractivity contribution in [2.45, 2.75) is 206 Å². The number of amides is 1. The van der Waals surface area contributed by atoms with Gasteiger partial charge in [0.1, 0.15) is 61.0 Å². The van der Waals surface area contributed by atoms with Crippen LogP contribution in [0.1, 0.15) is 120 Å². The first-order valence-corrected chi connectivity index (χ1v) is 24.1. The lowest BCUT2D eigenvalue weighted by Crippen LogP contribution is -2.67. The molecule has 0 aromatic heterocycles. The van der Waals surface area contributed by atoms with Crippen molar-refractivity contribution in [2.75, 3.05) is 19.8 Å². The predicted octanol–water partition coefficient (Wildman–Crippen LogP) is 2.13. The Hall–Kier alpha value is -1.84. The third-order valence-electron chi connectivity index (χ3n) is 19.0. The third kappa shape index (κ3) is 8.15. The molecule has 0 aromatic carbocycles. The molecule has 3 aliphatic heterocycles. The summed E-state index contributed by atoms with van der Waals surface area (Å²) in [6.45, 7) is 16.6. The van der Waals surface area contributed by atoms with Gasteiger partial charge in [-0.2, -0.15) is 0 Å². The maximum absolute atomic E-state index is 13.1. The van der Waals surface area contributed by atoms with E-state index in [0.29, 0.717) is 18.8 Å². The van der Waals surface area contributed by atoms with Gasteiger partial charge in [0.25, 0.3) is 0 Å². The lowest BCUT2D eigenvalue weighted by Gasteiger charge is -2.71. The second-order valence-electron chi connectivity index (χ2n) is 23.4. The van der Waals surface area contributed by atoms with E-state index in [1.807, 2.05) is 0 Å². The van der Waals surface area contributed by atoms with Gasteiger partial charge in [-0.25, -0.2) is 0 Å². The molecule has 8 aliphatic rings. The summed E-state index contributed by atoms with van der Waals surface area (Å²) < 4.78 is 36.1. The highest BCUT2D eigenvalue weighted by Crippen LogP contribution is 2.76. The molecule has 9 N–H and O–H groups in total. The summed E-state index contributed by atoms with van der Waals surface area (Å²) in [4.78, 5) is 25.7. The first kappa shape index (κ1) is 49.6. The van der Waals surface area contributed by atoms with E-state index in [2.05, 4.69) is 59.9 Å².